The largest absolute Gasteiger partial charge is 0.497 e. The van der Waals surface area contributed by atoms with Gasteiger partial charge in [0.1, 0.15) is 11.5 Å². The quantitative estimate of drug-likeness (QED) is 0.703. The number of carbonyl (C=O) groups is 2. The zero-order chi connectivity index (χ0) is 15.8. The Kier molecular flexibility index (Phi) is 6.32. The molecule has 0 aliphatic rings. The number of rotatable bonds is 7. The van der Waals surface area contributed by atoms with Gasteiger partial charge in [-0.15, -0.1) is 0 Å². The summed E-state index contributed by atoms with van der Waals surface area (Å²) in [5.41, 5.74) is 0.791. The number of carboxylic acid groups (broad SMARTS) is 1. The van der Waals surface area contributed by atoms with Gasteiger partial charge in [-0.3, -0.25) is 4.79 Å². The SMILES string of the molecule is COc1ccc(CNC(=O)NCC(C)C(=O)O)c(OC)c1. The first kappa shape index (κ1) is 16.6. The van der Waals surface area contributed by atoms with Gasteiger partial charge < -0.3 is 25.2 Å². The van der Waals surface area contributed by atoms with Gasteiger partial charge in [-0.1, -0.05) is 6.92 Å². The molecular weight excluding hydrogens is 276 g/mol. The second-order valence-electron chi connectivity index (χ2n) is 4.48. The van der Waals surface area contributed by atoms with Crippen LogP contribution in [-0.2, 0) is 11.3 Å². The Morgan fingerprint density at radius 3 is 2.52 bits per heavy atom. The van der Waals surface area contributed by atoms with Crippen LogP contribution in [-0.4, -0.2) is 37.9 Å². The highest BCUT2D eigenvalue weighted by molar-refractivity contribution is 5.75. The molecule has 0 aliphatic carbocycles. The third kappa shape index (κ3) is 5.21. The van der Waals surface area contributed by atoms with Gasteiger partial charge in [-0.2, -0.15) is 0 Å². The van der Waals surface area contributed by atoms with E-state index in [4.69, 9.17) is 14.6 Å². The van der Waals surface area contributed by atoms with Crippen molar-refractivity contribution in [2.45, 2.75) is 13.5 Å². The molecule has 0 fully saturated rings. The average Bonchev–Trinajstić information content (AvgIpc) is 2.49. The van der Waals surface area contributed by atoms with Crippen LogP contribution in [0.25, 0.3) is 0 Å². The number of ether oxygens (including phenoxy) is 2. The van der Waals surface area contributed by atoms with E-state index in [2.05, 4.69) is 10.6 Å². The van der Waals surface area contributed by atoms with Crippen LogP contribution in [0, 0.1) is 5.92 Å². The lowest BCUT2D eigenvalue weighted by Gasteiger charge is -2.12. The predicted molar refractivity (Wildman–Crippen MR) is 76.6 cm³/mol. The summed E-state index contributed by atoms with van der Waals surface area (Å²) in [5, 5.41) is 13.9. The molecule has 0 aliphatic heterocycles. The van der Waals surface area contributed by atoms with Crippen molar-refractivity contribution in [3.63, 3.8) is 0 Å². The van der Waals surface area contributed by atoms with Gasteiger partial charge in [0.15, 0.2) is 0 Å². The number of hydrogen-bond acceptors (Lipinski definition) is 4. The summed E-state index contributed by atoms with van der Waals surface area (Å²) in [5.74, 6) is -0.317. The van der Waals surface area contributed by atoms with Gasteiger partial charge >= 0.3 is 12.0 Å². The van der Waals surface area contributed by atoms with E-state index in [1.54, 1.807) is 25.3 Å². The number of nitrogens with one attached hydrogen (secondary N) is 2. The highest BCUT2D eigenvalue weighted by Gasteiger charge is 2.12. The van der Waals surface area contributed by atoms with Crippen LogP contribution in [0.2, 0.25) is 0 Å². The maximum absolute atomic E-state index is 11.6. The van der Waals surface area contributed by atoms with Crippen LogP contribution in [0.4, 0.5) is 4.79 Å². The van der Waals surface area contributed by atoms with Gasteiger partial charge in [0.25, 0.3) is 0 Å². The molecule has 1 aromatic carbocycles. The van der Waals surface area contributed by atoms with Crippen LogP contribution >= 0.6 is 0 Å². The molecule has 7 nitrogen and oxygen atoms in total. The number of urea groups is 1. The van der Waals surface area contributed by atoms with Crippen molar-refractivity contribution < 1.29 is 24.2 Å². The van der Waals surface area contributed by atoms with E-state index >= 15 is 0 Å². The normalized spacial score (nSPS) is 11.4. The van der Waals surface area contributed by atoms with E-state index in [-0.39, 0.29) is 13.1 Å². The lowest BCUT2D eigenvalue weighted by Crippen LogP contribution is -2.38. The summed E-state index contributed by atoms with van der Waals surface area (Å²) in [6, 6.07) is 4.85. The molecule has 21 heavy (non-hydrogen) atoms. The van der Waals surface area contributed by atoms with Crippen molar-refractivity contribution in [2.24, 2.45) is 5.92 Å². The van der Waals surface area contributed by atoms with Crippen molar-refractivity contribution >= 4 is 12.0 Å². The topological polar surface area (TPSA) is 96.9 Å². The minimum absolute atomic E-state index is 0.0704. The first-order valence-electron chi connectivity index (χ1n) is 6.43. The zero-order valence-corrected chi connectivity index (χ0v) is 12.3. The third-order valence-corrected chi connectivity index (χ3v) is 2.92. The molecule has 7 heteroatoms. The van der Waals surface area contributed by atoms with Gasteiger partial charge in [0.2, 0.25) is 0 Å². The minimum atomic E-state index is -0.952. The Morgan fingerprint density at radius 1 is 1.24 bits per heavy atom. The first-order chi connectivity index (χ1) is 9.97. The van der Waals surface area contributed by atoms with Gasteiger partial charge in [-0.05, 0) is 12.1 Å². The Morgan fingerprint density at radius 2 is 1.95 bits per heavy atom. The summed E-state index contributed by atoms with van der Waals surface area (Å²) < 4.78 is 10.3. The molecule has 0 radical (unpaired) electrons. The summed E-state index contributed by atoms with van der Waals surface area (Å²) >= 11 is 0. The monoisotopic (exact) mass is 296 g/mol. The van der Waals surface area contributed by atoms with E-state index in [1.807, 2.05) is 0 Å². The Bertz CT molecular complexity index is 504. The van der Waals surface area contributed by atoms with Gasteiger partial charge in [-0.25, -0.2) is 4.79 Å². The molecule has 1 aromatic rings. The number of aliphatic carboxylic acids is 1. The number of amides is 2. The molecule has 2 amide bonds. The molecule has 116 valence electrons. The van der Waals surface area contributed by atoms with Crippen LogP contribution in [0.5, 0.6) is 11.5 Å². The fourth-order valence-electron chi connectivity index (χ4n) is 1.57. The van der Waals surface area contributed by atoms with Crippen molar-refractivity contribution in [3.05, 3.63) is 23.8 Å². The molecule has 0 aromatic heterocycles. The maximum Gasteiger partial charge on any atom is 0.315 e. The number of carbonyl (C=O) groups excluding carboxylic acids is 1. The van der Waals surface area contributed by atoms with Crippen molar-refractivity contribution in [1.82, 2.24) is 10.6 Å². The lowest BCUT2D eigenvalue weighted by atomic mass is 10.2. The molecule has 0 spiro atoms. The lowest BCUT2D eigenvalue weighted by molar-refractivity contribution is -0.140. The molecule has 3 N–H and O–H groups in total. The fraction of sp³-hybridized carbons (Fsp3) is 0.429. The highest BCUT2D eigenvalue weighted by atomic mass is 16.5. The van der Waals surface area contributed by atoms with Crippen LogP contribution in [0.1, 0.15) is 12.5 Å². The molecule has 0 saturated carbocycles. The molecule has 0 saturated heterocycles. The average molecular weight is 296 g/mol. The molecule has 1 rings (SSSR count). The molecule has 0 bridgehead atoms. The molecule has 1 unspecified atom stereocenters. The molecule has 1 atom stereocenters. The summed E-state index contributed by atoms with van der Waals surface area (Å²) in [6.45, 7) is 1.86. The van der Waals surface area contributed by atoms with E-state index in [1.165, 1.54) is 14.0 Å². The van der Waals surface area contributed by atoms with E-state index < -0.39 is 17.9 Å². The van der Waals surface area contributed by atoms with Crippen LogP contribution in [0.15, 0.2) is 18.2 Å². The first-order valence-corrected chi connectivity index (χ1v) is 6.43. The van der Waals surface area contributed by atoms with Gasteiger partial charge in [0.05, 0.1) is 20.1 Å². The smallest absolute Gasteiger partial charge is 0.315 e. The van der Waals surface area contributed by atoms with Crippen LogP contribution in [0.3, 0.4) is 0 Å². The summed E-state index contributed by atoms with van der Waals surface area (Å²) in [4.78, 5) is 22.2. The third-order valence-electron chi connectivity index (χ3n) is 2.92. The summed E-state index contributed by atoms with van der Waals surface area (Å²) in [6.07, 6.45) is 0. The second kappa shape index (κ2) is 7.98. The number of benzene rings is 1. The maximum atomic E-state index is 11.6. The number of hydrogen-bond donors (Lipinski definition) is 3. The van der Waals surface area contributed by atoms with Gasteiger partial charge in [0, 0.05) is 24.7 Å². The highest BCUT2D eigenvalue weighted by Crippen LogP contribution is 2.24. The van der Waals surface area contributed by atoms with Crippen molar-refractivity contribution in [1.29, 1.82) is 0 Å². The minimum Gasteiger partial charge on any atom is -0.497 e. The predicted octanol–water partition coefficient (Wildman–Crippen LogP) is 1.22. The fourth-order valence-corrected chi connectivity index (χ4v) is 1.57. The Labute approximate surface area is 123 Å². The Balaban J connectivity index is 2.51. The molecular formula is C14H20N2O5. The van der Waals surface area contributed by atoms with Crippen LogP contribution < -0.4 is 20.1 Å². The zero-order valence-electron chi connectivity index (χ0n) is 12.3. The van der Waals surface area contributed by atoms with E-state index in [0.29, 0.717) is 11.5 Å². The second-order valence-corrected chi connectivity index (χ2v) is 4.48. The molecule has 0 heterocycles. The number of carboxylic acids is 1. The van der Waals surface area contributed by atoms with E-state index in [9.17, 15) is 9.59 Å². The Hall–Kier alpha value is -2.44. The standard InChI is InChI=1S/C14H20N2O5/c1-9(13(17)18)7-15-14(19)16-8-10-4-5-11(20-2)6-12(10)21-3/h4-6,9H,7-8H2,1-3H3,(H,17,18)(H2,15,16,19). The number of methoxy groups -OCH3 is 2. The van der Waals surface area contributed by atoms with Crippen molar-refractivity contribution in [2.75, 3.05) is 20.8 Å². The summed E-state index contributed by atoms with van der Waals surface area (Å²) in [7, 11) is 3.09. The van der Waals surface area contributed by atoms with E-state index in [0.717, 1.165) is 5.56 Å². The van der Waals surface area contributed by atoms with Crippen molar-refractivity contribution in [3.8, 4) is 11.5 Å².